The molecule has 184 valence electrons. The molecule has 1 saturated heterocycles. The molecular weight excluding hydrogens is 483 g/mol. The van der Waals surface area contributed by atoms with Crippen LogP contribution in [0.4, 0.5) is 18.9 Å². The molecule has 1 aliphatic heterocycles. The number of para-hydroxylation sites is 1. The van der Waals surface area contributed by atoms with E-state index in [-0.39, 0.29) is 11.7 Å². The summed E-state index contributed by atoms with van der Waals surface area (Å²) in [5.41, 5.74) is -3.70. The predicted octanol–water partition coefficient (Wildman–Crippen LogP) is 4.26. The number of halogens is 3. The average molecular weight is 506 g/mol. The first-order chi connectivity index (χ1) is 16.5. The molecule has 0 radical (unpaired) electrons. The standard InChI is InChI=1S/C24H22F3N3O4S/c1-17-14-30(19-7-9-21(10-8-19)35(32,33)24(25,26)27)16-29(17)15-18-11-12-28-22(13-18)23(31)34-20-5-3-2-4-6-20/h2-13,17H,14-16H2,1H3. The number of sulfone groups is 1. The van der Waals surface area contributed by atoms with Crippen LogP contribution in [0.25, 0.3) is 0 Å². The van der Waals surface area contributed by atoms with E-state index in [0.29, 0.717) is 31.2 Å². The molecule has 0 bridgehead atoms. The Bertz CT molecular complexity index is 1300. The first-order valence-corrected chi connectivity index (χ1v) is 12.2. The average Bonchev–Trinajstić information content (AvgIpc) is 3.19. The number of carbonyl (C=O) groups is 1. The molecule has 0 amide bonds. The van der Waals surface area contributed by atoms with Crippen LogP contribution in [-0.2, 0) is 16.4 Å². The molecule has 0 N–H and O–H groups in total. The van der Waals surface area contributed by atoms with Crippen molar-refractivity contribution in [2.24, 2.45) is 0 Å². The van der Waals surface area contributed by atoms with Crippen molar-refractivity contribution in [3.63, 3.8) is 0 Å². The molecule has 1 aliphatic rings. The molecule has 1 fully saturated rings. The van der Waals surface area contributed by atoms with Crippen molar-refractivity contribution in [1.29, 1.82) is 0 Å². The second-order valence-electron chi connectivity index (χ2n) is 8.15. The van der Waals surface area contributed by atoms with Crippen molar-refractivity contribution in [2.45, 2.75) is 29.9 Å². The lowest BCUT2D eigenvalue weighted by Gasteiger charge is -2.21. The number of esters is 1. The van der Waals surface area contributed by atoms with Crippen LogP contribution < -0.4 is 9.64 Å². The number of pyridine rings is 1. The minimum atomic E-state index is -5.38. The summed E-state index contributed by atoms with van der Waals surface area (Å²) in [6.07, 6.45) is 1.54. The van der Waals surface area contributed by atoms with Gasteiger partial charge in [0.2, 0.25) is 0 Å². The number of hydrogen-bond donors (Lipinski definition) is 0. The zero-order valence-electron chi connectivity index (χ0n) is 18.6. The first-order valence-electron chi connectivity index (χ1n) is 10.7. The van der Waals surface area contributed by atoms with E-state index in [4.69, 9.17) is 4.74 Å². The van der Waals surface area contributed by atoms with Gasteiger partial charge in [-0.05, 0) is 61.0 Å². The minimum absolute atomic E-state index is 0.0986. The molecular formula is C24H22F3N3O4S. The number of benzene rings is 2. The number of hydrogen-bond acceptors (Lipinski definition) is 7. The van der Waals surface area contributed by atoms with Gasteiger partial charge in [-0.1, -0.05) is 18.2 Å². The monoisotopic (exact) mass is 505 g/mol. The summed E-state index contributed by atoms with van der Waals surface area (Å²) < 4.78 is 66.8. The van der Waals surface area contributed by atoms with Gasteiger partial charge < -0.3 is 9.64 Å². The number of anilines is 1. The van der Waals surface area contributed by atoms with Gasteiger partial charge in [-0.2, -0.15) is 13.2 Å². The molecule has 1 atom stereocenters. The van der Waals surface area contributed by atoms with Crippen molar-refractivity contribution < 1.29 is 31.1 Å². The topological polar surface area (TPSA) is 79.8 Å². The Kier molecular flexibility index (Phi) is 6.82. The van der Waals surface area contributed by atoms with Gasteiger partial charge in [-0.15, -0.1) is 0 Å². The highest BCUT2D eigenvalue weighted by molar-refractivity contribution is 7.92. The van der Waals surface area contributed by atoms with E-state index < -0.39 is 26.2 Å². The Labute approximate surface area is 200 Å². The number of ether oxygens (including phenoxy) is 1. The Morgan fingerprint density at radius 3 is 2.43 bits per heavy atom. The third-order valence-electron chi connectivity index (χ3n) is 5.65. The molecule has 1 unspecified atom stereocenters. The van der Waals surface area contributed by atoms with Crippen molar-refractivity contribution >= 4 is 21.5 Å². The Hall–Kier alpha value is -3.44. The zero-order chi connectivity index (χ0) is 25.2. The molecule has 2 heterocycles. The maximum atomic E-state index is 12.8. The van der Waals surface area contributed by atoms with E-state index in [2.05, 4.69) is 9.88 Å². The van der Waals surface area contributed by atoms with Gasteiger partial charge in [0.1, 0.15) is 11.4 Å². The largest absolute Gasteiger partial charge is 0.501 e. The van der Waals surface area contributed by atoms with Gasteiger partial charge in [0.05, 0.1) is 11.6 Å². The van der Waals surface area contributed by atoms with Crippen LogP contribution in [0.1, 0.15) is 23.0 Å². The minimum Gasteiger partial charge on any atom is -0.422 e. The van der Waals surface area contributed by atoms with E-state index in [0.717, 1.165) is 17.7 Å². The Morgan fingerprint density at radius 1 is 1.09 bits per heavy atom. The molecule has 0 aliphatic carbocycles. The third kappa shape index (κ3) is 5.46. The van der Waals surface area contributed by atoms with Crippen molar-refractivity contribution in [3.05, 3.63) is 84.2 Å². The SMILES string of the molecule is CC1CN(c2ccc(S(=O)(=O)C(F)(F)F)cc2)CN1Cc1ccnc(C(=O)Oc2ccccc2)c1. The van der Waals surface area contributed by atoms with Crippen molar-refractivity contribution in [2.75, 3.05) is 18.1 Å². The Morgan fingerprint density at radius 2 is 1.77 bits per heavy atom. The van der Waals surface area contributed by atoms with Crippen LogP contribution in [0.3, 0.4) is 0 Å². The highest BCUT2D eigenvalue weighted by atomic mass is 32.2. The summed E-state index contributed by atoms with van der Waals surface area (Å²) in [5, 5.41) is 0. The van der Waals surface area contributed by atoms with Gasteiger partial charge in [0, 0.05) is 31.0 Å². The van der Waals surface area contributed by atoms with Gasteiger partial charge in [0.25, 0.3) is 9.84 Å². The highest BCUT2D eigenvalue weighted by Crippen LogP contribution is 2.32. The van der Waals surface area contributed by atoms with Crippen LogP contribution in [0.2, 0.25) is 0 Å². The number of carbonyl (C=O) groups excluding carboxylic acids is 1. The van der Waals surface area contributed by atoms with Crippen molar-refractivity contribution in [1.82, 2.24) is 9.88 Å². The molecule has 0 saturated carbocycles. The van der Waals surface area contributed by atoms with Crippen LogP contribution in [0.5, 0.6) is 5.75 Å². The molecule has 35 heavy (non-hydrogen) atoms. The normalized spacial score (nSPS) is 16.9. The number of rotatable bonds is 6. The maximum absolute atomic E-state index is 12.8. The maximum Gasteiger partial charge on any atom is 0.501 e. The quantitative estimate of drug-likeness (QED) is 0.366. The molecule has 2 aromatic carbocycles. The van der Waals surface area contributed by atoms with Crippen LogP contribution in [0, 0.1) is 0 Å². The first kappa shape index (κ1) is 24.7. The summed E-state index contributed by atoms with van der Waals surface area (Å²) in [7, 11) is -5.38. The van der Waals surface area contributed by atoms with E-state index in [1.807, 2.05) is 17.9 Å². The molecule has 4 rings (SSSR count). The lowest BCUT2D eigenvalue weighted by molar-refractivity contribution is -0.0436. The summed E-state index contributed by atoms with van der Waals surface area (Å²) in [5.74, 6) is -0.148. The number of nitrogens with zero attached hydrogens (tertiary/aromatic N) is 3. The zero-order valence-corrected chi connectivity index (χ0v) is 19.5. The molecule has 1 aromatic heterocycles. The van der Waals surface area contributed by atoms with Crippen LogP contribution >= 0.6 is 0 Å². The molecule has 7 nitrogen and oxygen atoms in total. The van der Waals surface area contributed by atoms with Gasteiger partial charge in [0.15, 0.2) is 0 Å². The third-order valence-corrected chi connectivity index (χ3v) is 7.15. The molecule has 0 spiro atoms. The fourth-order valence-corrected chi connectivity index (χ4v) is 4.54. The lowest BCUT2D eigenvalue weighted by Crippen LogP contribution is -2.28. The summed E-state index contributed by atoms with van der Waals surface area (Å²) in [4.78, 5) is 19.8. The van der Waals surface area contributed by atoms with E-state index >= 15 is 0 Å². The fourth-order valence-electron chi connectivity index (χ4n) is 3.78. The van der Waals surface area contributed by atoms with Crippen LogP contribution in [-0.4, -0.2) is 49.0 Å². The van der Waals surface area contributed by atoms with E-state index in [1.165, 1.54) is 18.3 Å². The lowest BCUT2D eigenvalue weighted by atomic mass is 10.2. The smallest absolute Gasteiger partial charge is 0.422 e. The summed E-state index contributed by atoms with van der Waals surface area (Å²) >= 11 is 0. The number of alkyl halides is 3. The second kappa shape index (κ2) is 9.67. The predicted molar refractivity (Wildman–Crippen MR) is 123 cm³/mol. The second-order valence-corrected chi connectivity index (χ2v) is 10.1. The molecule has 11 heteroatoms. The Balaban J connectivity index is 1.42. The van der Waals surface area contributed by atoms with Gasteiger partial charge in [-0.3, -0.25) is 4.90 Å². The molecule has 3 aromatic rings. The highest BCUT2D eigenvalue weighted by Gasteiger charge is 2.46. The van der Waals surface area contributed by atoms with Gasteiger partial charge in [-0.25, -0.2) is 18.2 Å². The number of aromatic nitrogens is 1. The van der Waals surface area contributed by atoms with E-state index in [9.17, 15) is 26.4 Å². The van der Waals surface area contributed by atoms with Gasteiger partial charge >= 0.3 is 11.5 Å². The summed E-state index contributed by atoms with van der Waals surface area (Å²) in [6, 6.07) is 16.9. The fraction of sp³-hybridized carbons (Fsp3) is 0.250. The van der Waals surface area contributed by atoms with Crippen LogP contribution in [0.15, 0.2) is 77.8 Å². The van der Waals surface area contributed by atoms with E-state index in [1.54, 1.807) is 36.4 Å². The summed E-state index contributed by atoms with van der Waals surface area (Å²) in [6.45, 7) is 3.58. The van der Waals surface area contributed by atoms with Crippen molar-refractivity contribution in [3.8, 4) is 5.75 Å².